The second-order valence-corrected chi connectivity index (χ2v) is 12.8. The lowest BCUT2D eigenvalue weighted by Gasteiger charge is -2.35. The van der Waals surface area contributed by atoms with Crippen molar-refractivity contribution in [2.24, 2.45) is 0 Å². The zero-order valence-corrected chi connectivity index (χ0v) is 25.9. The third-order valence-electron chi connectivity index (χ3n) is 7.75. The van der Waals surface area contributed by atoms with Gasteiger partial charge in [-0.2, -0.15) is 0 Å². The SMILES string of the molecule is COc1ccc(N(CC(=O)N(Cc2cccc(OC)c2)[C@H](Cc2ccccc2)C(=O)NC2CCCCC2)S(C)(=O)=O)cc1. The molecule has 43 heavy (non-hydrogen) atoms. The number of hydrogen-bond donors (Lipinski definition) is 1. The summed E-state index contributed by atoms with van der Waals surface area (Å²) in [5.41, 5.74) is 1.97. The summed E-state index contributed by atoms with van der Waals surface area (Å²) in [6.45, 7) is -0.386. The van der Waals surface area contributed by atoms with Crippen LogP contribution in [0.5, 0.6) is 11.5 Å². The molecule has 0 spiro atoms. The molecule has 2 amide bonds. The van der Waals surface area contributed by atoms with Gasteiger partial charge in [-0.15, -0.1) is 0 Å². The summed E-state index contributed by atoms with van der Waals surface area (Å²) in [4.78, 5) is 29.8. The summed E-state index contributed by atoms with van der Waals surface area (Å²) in [5, 5.41) is 3.21. The van der Waals surface area contributed by atoms with Crippen molar-refractivity contribution in [2.45, 2.75) is 57.2 Å². The van der Waals surface area contributed by atoms with E-state index in [1.54, 1.807) is 31.4 Å². The van der Waals surface area contributed by atoms with E-state index in [0.717, 1.165) is 53.8 Å². The van der Waals surface area contributed by atoms with E-state index in [1.165, 1.54) is 12.0 Å². The van der Waals surface area contributed by atoms with E-state index in [9.17, 15) is 18.0 Å². The quantitative estimate of drug-likeness (QED) is 0.306. The first-order valence-corrected chi connectivity index (χ1v) is 16.4. The molecule has 1 aliphatic rings. The lowest BCUT2D eigenvalue weighted by atomic mass is 9.94. The third kappa shape index (κ3) is 8.97. The van der Waals surface area contributed by atoms with Gasteiger partial charge in [0.2, 0.25) is 21.8 Å². The molecular formula is C33H41N3O6S. The van der Waals surface area contributed by atoms with Crippen molar-refractivity contribution >= 4 is 27.5 Å². The molecule has 1 N–H and O–H groups in total. The highest BCUT2D eigenvalue weighted by molar-refractivity contribution is 7.92. The standard InChI is InChI=1S/C33H41N3O6S/c1-41-29-19-17-28(18-20-29)36(43(3,39)40)24-32(37)35(23-26-13-10-16-30(21-26)42-2)31(22-25-11-6-4-7-12-25)33(38)34-27-14-8-5-9-15-27/h4,6-7,10-13,16-21,27,31H,5,8-9,14-15,22-24H2,1-3H3,(H,34,38)/t31-/m1/s1. The molecule has 3 aromatic rings. The second-order valence-electron chi connectivity index (χ2n) is 10.9. The minimum Gasteiger partial charge on any atom is -0.497 e. The highest BCUT2D eigenvalue weighted by atomic mass is 32.2. The van der Waals surface area contributed by atoms with Gasteiger partial charge in [0, 0.05) is 19.0 Å². The Bertz CT molecular complexity index is 1460. The number of rotatable bonds is 13. The van der Waals surface area contributed by atoms with Crippen LogP contribution in [0.25, 0.3) is 0 Å². The zero-order chi connectivity index (χ0) is 30.8. The fourth-order valence-corrected chi connectivity index (χ4v) is 6.28. The van der Waals surface area contributed by atoms with Gasteiger partial charge in [0.05, 0.1) is 26.2 Å². The maximum absolute atomic E-state index is 14.3. The molecule has 10 heteroatoms. The number of hydrogen-bond acceptors (Lipinski definition) is 6. The average Bonchev–Trinajstić information content (AvgIpc) is 3.02. The van der Waals surface area contributed by atoms with E-state index in [0.29, 0.717) is 17.2 Å². The Balaban J connectivity index is 1.72. The van der Waals surface area contributed by atoms with Gasteiger partial charge in [0.1, 0.15) is 24.1 Å². The largest absolute Gasteiger partial charge is 0.497 e. The number of benzene rings is 3. The number of anilines is 1. The minimum atomic E-state index is -3.85. The summed E-state index contributed by atoms with van der Waals surface area (Å²) in [7, 11) is -0.764. The van der Waals surface area contributed by atoms with Crippen LogP contribution in [0.2, 0.25) is 0 Å². The molecule has 0 aliphatic heterocycles. The summed E-state index contributed by atoms with van der Waals surface area (Å²) in [6.07, 6.45) is 6.37. The van der Waals surface area contributed by atoms with Gasteiger partial charge >= 0.3 is 0 Å². The molecule has 0 unspecified atom stereocenters. The topological polar surface area (TPSA) is 105 Å². The monoisotopic (exact) mass is 607 g/mol. The highest BCUT2D eigenvalue weighted by Gasteiger charge is 2.34. The van der Waals surface area contributed by atoms with Crippen molar-refractivity contribution in [1.29, 1.82) is 0 Å². The normalized spacial score (nSPS) is 14.4. The second kappa shape index (κ2) is 14.9. The number of nitrogens with zero attached hydrogens (tertiary/aromatic N) is 2. The van der Waals surface area contributed by atoms with Gasteiger partial charge in [0.25, 0.3) is 0 Å². The van der Waals surface area contributed by atoms with Crippen LogP contribution in [-0.4, -0.2) is 64.2 Å². The predicted octanol–water partition coefficient (Wildman–Crippen LogP) is 4.56. The Morgan fingerprint density at radius 1 is 0.860 bits per heavy atom. The number of carbonyl (C=O) groups excluding carboxylic acids is 2. The Labute approximate surface area is 254 Å². The van der Waals surface area contributed by atoms with Crippen LogP contribution in [-0.2, 0) is 32.6 Å². The van der Waals surface area contributed by atoms with E-state index in [-0.39, 0.29) is 24.9 Å². The lowest BCUT2D eigenvalue weighted by molar-refractivity contribution is -0.140. The smallest absolute Gasteiger partial charge is 0.244 e. The third-order valence-corrected chi connectivity index (χ3v) is 8.89. The van der Waals surface area contributed by atoms with E-state index in [2.05, 4.69) is 5.32 Å². The average molecular weight is 608 g/mol. The molecule has 4 rings (SSSR count). The molecule has 3 aromatic carbocycles. The molecule has 0 radical (unpaired) electrons. The van der Waals surface area contributed by atoms with E-state index in [1.807, 2.05) is 54.6 Å². The van der Waals surface area contributed by atoms with Crippen LogP contribution in [0.4, 0.5) is 5.69 Å². The van der Waals surface area contributed by atoms with Crippen LogP contribution in [0.15, 0.2) is 78.9 Å². The molecule has 0 saturated heterocycles. The van der Waals surface area contributed by atoms with E-state index >= 15 is 0 Å². The van der Waals surface area contributed by atoms with Crippen molar-refractivity contribution in [3.63, 3.8) is 0 Å². The molecule has 1 aliphatic carbocycles. The molecule has 230 valence electrons. The maximum atomic E-state index is 14.3. The summed E-state index contributed by atoms with van der Waals surface area (Å²) in [6, 6.07) is 22.5. The number of nitrogens with one attached hydrogen (secondary N) is 1. The molecule has 1 atom stereocenters. The zero-order valence-electron chi connectivity index (χ0n) is 25.1. The van der Waals surface area contributed by atoms with Gasteiger partial charge in [0.15, 0.2) is 0 Å². The summed E-state index contributed by atoms with van der Waals surface area (Å²) in [5.74, 6) is 0.434. The summed E-state index contributed by atoms with van der Waals surface area (Å²) < 4.78 is 37.6. The molecule has 0 heterocycles. The van der Waals surface area contributed by atoms with Crippen LogP contribution >= 0.6 is 0 Å². The van der Waals surface area contributed by atoms with Crippen molar-refractivity contribution in [3.05, 3.63) is 90.0 Å². The number of amides is 2. The Morgan fingerprint density at radius 3 is 2.14 bits per heavy atom. The Kier molecular flexibility index (Phi) is 11.1. The van der Waals surface area contributed by atoms with Gasteiger partial charge in [-0.3, -0.25) is 13.9 Å². The van der Waals surface area contributed by atoms with Crippen LogP contribution < -0.4 is 19.1 Å². The number of carbonyl (C=O) groups is 2. The predicted molar refractivity (Wildman–Crippen MR) is 168 cm³/mol. The first-order valence-electron chi connectivity index (χ1n) is 14.6. The number of sulfonamides is 1. The molecule has 1 saturated carbocycles. The van der Waals surface area contributed by atoms with Gasteiger partial charge in [-0.1, -0.05) is 61.7 Å². The van der Waals surface area contributed by atoms with Crippen LogP contribution in [0, 0.1) is 0 Å². The number of methoxy groups -OCH3 is 2. The summed E-state index contributed by atoms with van der Waals surface area (Å²) >= 11 is 0. The molecule has 0 aromatic heterocycles. The van der Waals surface area contributed by atoms with Crippen LogP contribution in [0.3, 0.4) is 0 Å². The van der Waals surface area contributed by atoms with Gasteiger partial charge in [-0.25, -0.2) is 8.42 Å². The van der Waals surface area contributed by atoms with Gasteiger partial charge in [-0.05, 0) is 60.4 Å². The fraction of sp³-hybridized carbons (Fsp3) is 0.394. The highest BCUT2D eigenvalue weighted by Crippen LogP contribution is 2.24. The molecule has 0 bridgehead atoms. The van der Waals surface area contributed by atoms with Crippen molar-refractivity contribution < 1.29 is 27.5 Å². The van der Waals surface area contributed by atoms with Crippen molar-refractivity contribution in [2.75, 3.05) is 31.3 Å². The Morgan fingerprint density at radius 2 is 1.51 bits per heavy atom. The fourth-order valence-electron chi connectivity index (χ4n) is 5.43. The first-order chi connectivity index (χ1) is 20.7. The van der Waals surface area contributed by atoms with Crippen molar-refractivity contribution in [1.82, 2.24) is 10.2 Å². The maximum Gasteiger partial charge on any atom is 0.244 e. The lowest BCUT2D eigenvalue weighted by Crippen LogP contribution is -2.55. The van der Waals surface area contributed by atoms with Crippen molar-refractivity contribution in [3.8, 4) is 11.5 Å². The molecular weight excluding hydrogens is 566 g/mol. The minimum absolute atomic E-state index is 0.0418. The number of ether oxygens (including phenoxy) is 2. The first kappa shape index (κ1) is 31.9. The van der Waals surface area contributed by atoms with E-state index < -0.39 is 28.5 Å². The molecule has 9 nitrogen and oxygen atoms in total. The van der Waals surface area contributed by atoms with E-state index in [4.69, 9.17) is 9.47 Å². The van der Waals surface area contributed by atoms with Gasteiger partial charge < -0.3 is 19.7 Å². The molecule has 1 fully saturated rings. The van der Waals surface area contributed by atoms with Crippen LogP contribution in [0.1, 0.15) is 43.2 Å². The Hall–Kier alpha value is -4.05.